The topological polar surface area (TPSA) is 38.3 Å². The van der Waals surface area contributed by atoms with Crippen LogP contribution in [-0.2, 0) is 4.79 Å². The lowest BCUT2D eigenvalue weighted by Crippen LogP contribution is -2.20. The highest BCUT2D eigenvalue weighted by Crippen LogP contribution is 2.25. The van der Waals surface area contributed by atoms with Crippen LogP contribution in [0.5, 0.6) is 5.75 Å². The predicted octanol–water partition coefficient (Wildman–Crippen LogP) is 4.22. The molecule has 1 N–H and O–H groups in total. The van der Waals surface area contributed by atoms with Crippen molar-refractivity contribution in [3.8, 4) is 5.75 Å². The second-order valence-electron chi connectivity index (χ2n) is 4.75. The molecule has 2 rings (SSSR count). The van der Waals surface area contributed by atoms with Crippen molar-refractivity contribution in [2.75, 3.05) is 11.9 Å². The van der Waals surface area contributed by atoms with Crippen molar-refractivity contribution in [1.82, 2.24) is 0 Å². The second-order valence-corrected chi connectivity index (χ2v) is 5.61. The molecule has 0 saturated carbocycles. The SMILES string of the molecule is Cc1ccc(NC(=O)COc2ccc(C)cc2Br)c(F)c1. The van der Waals surface area contributed by atoms with Crippen LogP contribution < -0.4 is 10.1 Å². The van der Waals surface area contributed by atoms with Crippen LogP contribution in [0.1, 0.15) is 11.1 Å². The van der Waals surface area contributed by atoms with Crippen LogP contribution in [0, 0.1) is 19.7 Å². The van der Waals surface area contributed by atoms with E-state index in [1.165, 1.54) is 12.1 Å². The van der Waals surface area contributed by atoms with E-state index < -0.39 is 11.7 Å². The average molecular weight is 352 g/mol. The van der Waals surface area contributed by atoms with Crippen molar-refractivity contribution in [3.05, 3.63) is 57.8 Å². The van der Waals surface area contributed by atoms with E-state index in [4.69, 9.17) is 4.74 Å². The minimum atomic E-state index is -0.458. The largest absolute Gasteiger partial charge is 0.483 e. The molecule has 0 spiro atoms. The molecule has 0 aromatic heterocycles. The number of aryl methyl sites for hydroxylation is 2. The Morgan fingerprint density at radius 3 is 2.52 bits per heavy atom. The second kappa shape index (κ2) is 6.72. The molecule has 0 fully saturated rings. The molecule has 0 aliphatic carbocycles. The van der Waals surface area contributed by atoms with Gasteiger partial charge in [-0.15, -0.1) is 0 Å². The van der Waals surface area contributed by atoms with Gasteiger partial charge in [0.15, 0.2) is 6.61 Å². The Kier molecular flexibility index (Phi) is 4.96. The lowest BCUT2D eigenvalue weighted by Gasteiger charge is -2.10. The number of hydrogen-bond acceptors (Lipinski definition) is 2. The molecule has 0 radical (unpaired) electrons. The van der Waals surface area contributed by atoms with Gasteiger partial charge >= 0.3 is 0 Å². The van der Waals surface area contributed by atoms with Crippen LogP contribution in [-0.4, -0.2) is 12.5 Å². The number of nitrogens with one attached hydrogen (secondary N) is 1. The number of rotatable bonds is 4. The minimum absolute atomic E-state index is 0.150. The Hall–Kier alpha value is -1.88. The number of benzene rings is 2. The zero-order valence-corrected chi connectivity index (χ0v) is 13.3. The fraction of sp³-hybridized carbons (Fsp3) is 0.188. The van der Waals surface area contributed by atoms with Crippen molar-refractivity contribution in [1.29, 1.82) is 0 Å². The van der Waals surface area contributed by atoms with Gasteiger partial charge in [-0.05, 0) is 65.2 Å². The smallest absolute Gasteiger partial charge is 0.262 e. The molecule has 5 heteroatoms. The highest BCUT2D eigenvalue weighted by atomic mass is 79.9. The average Bonchev–Trinajstić information content (AvgIpc) is 2.41. The van der Waals surface area contributed by atoms with E-state index in [1.54, 1.807) is 19.1 Å². The number of anilines is 1. The summed E-state index contributed by atoms with van der Waals surface area (Å²) in [4.78, 5) is 11.8. The molecular weight excluding hydrogens is 337 g/mol. The zero-order valence-electron chi connectivity index (χ0n) is 11.7. The molecule has 0 unspecified atom stereocenters. The van der Waals surface area contributed by atoms with Gasteiger partial charge in [0.05, 0.1) is 10.2 Å². The quantitative estimate of drug-likeness (QED) is 0.895. The highest BCUT2D eigenvalue weighted by molar-refractivity contribution is 9.10. The van der Waals surface area contributed by atoms with Crippen LogP contribution in [0.25, 0.3) is 0 Å². The third kappa shape index (κ3) is 4.29. The number of ether oxygens (including phenoxy) is 1. The number of carbonyl (C=O) groups is 1. The van der Waals surface area contributed by atoms with E-state index in [1.807, 2.05) is 19.1 Å². The third-order valence-corrected chi connectivity index (χ3v) is 3.46. The Labute approximate surface area is 131 Å². The number of carbonyl (C=O) groups excluding carboxylic acids is 1. The maximum Gasteiger partial charge on any atom is 0.262 e. The Balaban J connectivity index is 1.96. The molecule has 2 aromatic rings. The van der Waals surface area contributed by atoms with Gasteiger partial charge in [-0.3, -0.25) is 4.79 Å². The first-order chi connectivity index (χ1) is 9.95. The molecule has 0 saturated heterocycles. The standard InChI is InChI=1S/C16H15BrFNO2/c1-10-4-6-15(12(17)7-10)21-9-16(20)19-14-5-3-11(2)8-13(14)18/h3-8H,9H2,1-2H3,(H,19,20). The van der Waals surface area contributed by atoms with Gasteiger partial charge in [-0.2, -0.15) is 0 Å². The van der Waals surface area contributed by atoms with E-state index in [0.29, 0.717) is 5.75 Å². The molecule has 3 nitrogen and oxygen atoms in total. The number of halogens is 2. The number of amides is 1. The van der Waals surface area contributed by atoms with Gasteiger partial charge in [-0.1, -0.05) is 12.1 Å². The highest BCUT2D eigenvalue weighted by Gasteiger charge is 2.09. The first-order valence-corrected chi connectivity index (χ1v) is 7.20. The molecule has 0 heterocycles. The monoisotopic (exact) mass is 351 g/mol. The van der Waals surface area contributed by atoms with Gasteiger partial charge < -0.3 is 10.1 Å². The van der Waals surface area contributed by atoms with Crippen LogP contribution in [0.2, 0.25) is 0 Å². The molecule has 0 aliphatic rings. The fourth-order valence-electron chi connectivity index (χ4n) is 1.77. The zero-order chi connectivity index (χ0) is 15.4. The molecule has 21 heavy (non-hydrogen) atoms. The molecule has 110 valence electrons. The van der Waals surface area contributed by atoms with E-state index in [-0.39, 0.29) is 12.3 Å². The summed E-state index contributed by atoms with van der Waals surface area (Å²) in [5.41, 5.74) is 2.03. The van der Waals surface area contributed by atoms with Crippen LogP contribution >= 0.6 is 15.9 Å². The van der Waals surface area contributed by atoms with Gasteiger partial charge in [-0.25, -0.2) is 4.39 Å². The van der Waals surface area contributed by atoms with Gasteiger partial charge in [0, 0.05) is 0 Å². The summed E-state index contributed by atoms with van der Waals surface area (Å²) in [7, 11) is 0. The summed E-state index contributed by atoms with van der Waals surface area (Å²) < 4.78 is 19.8. The van der Waals surface area contributed by atoms with Crippen molar-refractivity contribution in [2.24, 2.45) is 0 Å². The predicted molar refractivity (Wildman–Crippen MR) is 84.1 cm³/mol. The number of hydrogen-bond donors (Lipinski definition) is 1. The molecule has 0 aliphatic heterocycles. The van der Waals surface area contributed by atoms with Gasteiger partial charge in [0.1, 0.15) is 11.6 Å². The Morgan fingerprint density at radius 1 is 1.19 bits per heavy atom. The van der Waals surface area contributed by atoms with Crippen molar-refractivity contribution in [2.45, 2.75) is 13.8 Å². The Bertz CT molecular complexity index is 673. The fourth-order valence-corrected chi connectivity index (χ4v) is 2.38. The molecular formula is C16H15BrFNO2. The maximum absolute atomic E-state index is 13.6. The summed E-state index contributed by atoms with van der Waals surface area (Å²) in [6.45, 7) is 3.56. The molecule has 0 bridgehead atoms. The normalized spacial score (nSPS) is 10.3. The first-order valence-electron chi connectivity index (χ1n) is 6.40. The van der Waals surface area contributed by atoms with E-state index in [2.05, 4.69) is 21.2 Å². The van der Waals surface area contributed by atoms with E-state index >= 15 is 0 Å². The summed E-state index contributed by atoms with van der Waals surface area (Å²) in [5.74, 6) is -0.301. The maximum atomic E-state index is 13.6. The third-order valence-electron chi connectivity index (χ3n) is 2.84. The lowest BCUT2D eigenvalue weighted by atomic mass is 10.2. The summed E-state index contributed by atoms with van der Waals surface area (Å²) in [5, 5.41) is 2.48. The van der Waals surface area contributed by atoms with Crippen LogP contribution in [0.4, 0.5) is 10.1 Å². The lowest BCUT2D eigenvalue weighted by molar-refractivity contribution is -0.118. The van der Waals surface area contributed by atoms with Crippen molar-refractivity contribution in [3.63, 3.8) is 0 Å². The minimum Gasteiger partial charge on any atom is -0.483 e. The van der Waals surface area contributed by atoms with Crippen molar-refractivity contribution >= 4 is 27.5 Å². The summed E-state index contributed by atoms with van der Waals surface area (Å²) in [6, 6.07) is 10.2. The van der Waals surface area contributed by atoms with Crippen LogP contribution in [0.3, 0.4) is 0 Å². The summed E-state index contributed by atoms with van der Waals surface area (Å²) in [6.07, 6.45) is 0. The Morgan fingerprint density at radius 2 is 1.86 bits per heavy atom. The molecule has 0 atom stereocenters. The van der Waals surface area contributed by atoms with Crippen molar-refractivity contribution < 1.29 is 13.9 Å². The molecule has 2 aromatic carbocycles. The van der Waals surface area contributed by atoms with Gasteiger partial charge in [0.2, 0.25) is 0 Å². The van der Waals surface area contributed by atoms with E-state index in [0.717, 1.165) is 15.6 Å². The first kappa shape index (κ1) is 15.5. The van der Waals surface area contributed by atoms with Gasteiger partial charge in [0.25, 0.3) is 5.91 Å². The summed E-state index contributed by atoms with van der Waals surface area (Å²) >= 11 is 3.37. The van der Waals surface area contributed by atoms with Crippen LogP contribution in [0.15, 0.2) is 40.9 Å². The molecule has 1 amide bonds. The van der Waals surface area contributed by atoms with E-state index in [9.17, 15) is 9.18 Å².